The number of benzene rings is 2. The van der Waals surface area contributed by atoms with E-state index in [1.807, 2.05) is 0 Å². The Morgan fingerprint density at radius 1 is 0.304 bits per heavy atom. The fourth-order valence-electron chi connectivity index (χ4n) is 12.3. The third-order valence-corrected chi connectivity index (χ3v) is 17.6. The molecule has 2 aromatic carbocycles. The van der Waals surface area contributed by atoms with Crippen LogP contribution >= 0.6 is 0 Å². The molecule has 1 heterocycles. The van der Waals surface area contributed by atoms with Gasteiger partial charge in [0.1, 0.15) is 0 Å². The predicted molar refractivity (Wildman–Crippen MR) is 354 cm³/mol. The van der Waals surface area contributed by atoms with Gasteiger partial charge in [-0.3, -0.25) is 0 Å². The van der Waals surface area contributed by atoms with Crippen LogP contribution in [-0.4, -0.2) is 4.70 Å². The van der Waals surface area contributed by atoms with Crippen molar-refractivity contribution in [1.82, 2.24) is 0 Å². The van der Waals surface area contributed by atoms with E-state index in [9.17, 15) is 5.53 Å². The van der Waals surface area contributed by atoms with Gasteiger partial charge in [0.25, 0.3) is 0 Å². The summed E-state index contributed by atoms with van der Waals surface area (Å²) >= 11 is 0. The van der Waals surface area contributed by atoms with Gasteiger partial charge in [-0.1, -0.05) is 327 Å². The Bertz CT molecular complexity index is 1890. The average molecular weight is 1080 g/mol. The van der Waals surface area contributed by atoms with Crippen LogP contribution in [0.1, 0.15) is 376 Å². The molecule has 0 saturated heterocycles. The van der Waals surface area contributed by atoms with Crippen LogP contribution in [0.5, 0.6) is 0 Å². The number of unbranched alkanes of at least 4 members (excludes halogenated alkanes) is 40. The average Bonchev–Trinajstić information content (AvgIpc) is 3.82. The topological polar surface area (TPSA) is 25.3 Å². The van der Waals surface area contributed by atoms with Crippen LogP contribution < -0.4 is 0 Å². The van der Waals surface area contributed by atoms with Gasteiger partial charge in [0.2, 0.25) is 11.4 Å². The van der Waals surface area contributed by atoms with Gasteiger partial charge in [0.15, 0.2) is 0 Å². The molecule has 448 valence electrons. The second-order valence-corrected chi connectivity index (χ2v) is 25.0. The molecule has 0 N–H and O–H groups in total. The van der Waals surface area contributed by atoms with Crippen molar-refractivity contribution in [3.63, 3.8) is 0 Å². The first kappa shape index (κ1) is 70.3. The molecule has 2 nitrogen and oxygen atoms in total. The summed E-state index contributed by atoms with van der Waals surface area (Å²) in [6.07, 6.45) is 81.1. The molecular weight excluding hydrogens is 953 g/mol. The van der Waals surface area contributed by atoms with Crippen molar-refractivity contribution in [2.24, 2.45) is 0 Å². The van der Waals surface area contributed by atoms with E-state index >= 15 is 0 Å². The Morgan fingerprint density at radius 3 is 0.975 bits per heavy atom. The third kappa shape index (κ3) is 34.3. The Kier molecular flexibility index (Phi) is 45.1. The zero-order valence-electron chi connectivity index (χ0n) is 53.5. The number of aryl methyl sites for hydroxylation is 4. The lowest BCUT2D eigenvalue weighted by Crippen LogP contribution is -2.08. The number of hydrogen-bond donors (Lipinski definition) is 0. The third-order valence-electron chi connectivity index (χ3n) is 17.6. The molecule has 1 aliphatic rings. The standard InChI is InChI=1S/C77H130N2/c1-6-11-16-19-21-23-25-27-29-31-33-35-37-39-41-43-45-47-50-54-59-71-64-62-69(57-52-14-9-4)66-74(71)76-68-73(61-56-49-18-13-8-3)77(79(76)78)75-67-70(58-53-15-10-5)63-65-72(75)60-55-51-48-46-44-42-40-38-36-34-32-30-28-26-24-22-20-17-12-7-2/h47-48,50-51,62-68H,6-46,49,52-61H2,1-5H3. The molecular formula is C77H130N2. The highest BCUT2D eigenvalue weighted by atomic mass is 15.2. The van der Waals surface area contributed by atoms with Crippen LogP contribution in [0.4, 0.5) is 0 Å². The second-order valence-electron chi connectivity index (χ2n) is 25.0. The normalized spacial score (nSPS) is 12.9. The van der Waals surface area contributed by atoms with Gasteiger partial charge in [-0.05, 0) is 124 Å². The van der Waals surface area contributed by atoms with Crippen LogP contribution in [0.2, 0.25) is 0 Å². The molecule has 0 amide bonds. The molecule has 0 saturated carbocycles. The summed E-state index contributed by atoms with van der Waals surface area (Å²) in [5.41, 5.74) is 24.2. The Balaban J connectivity index is 1.61. The Labute approximate surface area is 493 Å². The van der Waals surface area contributed by atoms with Crippen LogP contribution in [0, 0.1) is 0 Å². The van der Waals surface area contributed by atoms with Crippen molar-refractivity contribution < 1.29 is 4.70 Å². The van der Waals surface area contributed by atoms with Crippen LogP contribution in [0.25, 0.3) is 16.9 Å². The number of hydrogen-bond acceptors (Lipinski definition) is 0. The van der Waals surface area contributed by atoms with Gasteiger partial charge in [-0.15, -0.1) is 0 Å². The van der Waals surface area contributed by atoms with Gasteiger partial charge in [-0.2, -0.15) is 0 Å². The van der Waals surface area contributed by atoms with Crippen molar-refractivity contribution >= 4 is 11.4 Å². The molecule has 0 bridgehead atoms. The summed E-state index contributed by atoms with van der Waals surface area (Å²) in [4.78, 5) is 0. The lowest BCUT2D eigenvalue weighted by atomic mass is 9.93. The largest absolute Gasteiger partial charge is 0.493 e. The second kappa shape index (κ2) is 50.7. The smallest absolute Gasteiger partial charge is 0.211 e. The van der Waals surface area contributed by atoms with Crippen molar-refractivity contribution in [3.05, 3.63) is 111 Å². The van der Waals surface area contributed by atoms with Gasteiger partial charge >= 0.3 is 0 Å². The molecule has 2 aromatic rings. The fraction of sp³-hybridized carbons (Fsp3) is 0.740. The molecule has 0 spiro atoms. The van der Waals surface area contributed by atoms with E-state index in [2.05, 4.69) is 101 Å². The van der Waals surface area contributed by atoms with Crippen LogP contribution in [0.3, 0.4) is 0 Å². The fourth-order valence-corrected chi connectivity index (χ4v) is 12.3. The van der Waals surface area contributed by atoms with Gasteiger partial charge in [0, 0.05) is 22.8 Å². The minimum atomic E-state index is 0.990. The predicted octanol–water partition coefficient (Wildman–Crippen LogP) is 26.6. The van der Waals surface area contributed by atoms with Gasteiger partial charge in [0.05, 0.1) is 0 Å². The number of rotatable bonds is 56. The number of nitrogens with zero attached hydrogens (tertiary/aromatic N) is 2. The summed E-state index contributed by atoms with van der Waals surface area (Å²) in [5.74, 6) is 0. The van der Waals surface area contributed by atoms with Gasteiger partial charge in [-0.25, -0.2) is 4.70 Å². The molecule has 0 unspecified atom stereocenters. The van der Waals surface area contributed by atoms with E-state index in [4.69, 9.17) is 0 Å². The summed E-state index contributed by atoms with van der Waals surface area (Å²) in [5, 5.41) is 0. The Morgan fingerprint density at radius 2 is 0.595 bits per heavy atom. The van der Waals surface area contributed by atoms with Crippen molar-refractivity contribution in [3.8, 4) is 0 Å². The minimum absolute atomic E-state index is 0.990. The zero-order chi connectivity index (χ0) is 56.3. The first-order chi connectivity index (χ1) is 39.1. The Hall–Kier alpha value is -3.00. The summed E-state index contributed by atoms with van der Waals surface area (Å²) in [7, 11) is 0. The maximum Gasteiger partial charge on any atom is 0.211 e. The highest BCUT2D eigenvalue weighted by Gasteiger charge is 2.31. The molecule has 0 fully saturated rings. The first-order valence-corrected chi connectivity index (χ1v) is 35.6. The maximum absolute atomic E-state index is 12.8. The van der Waals surface area contributed by atoms with Gasteiger partial charge < -0.3 is 5.53 Å². The molecule has 3 rings (SSSR count). The van der Waals surface area contributed by atoms with Crippen molar-refractivity contribution in [1.29, 1.82) is 0 Å². The van der Waals surface area contributed by atoms with E-state index in [0.29, 0.717) is 0 Å². The minimum Gasteiger partial charge on any atom is -0.493 e. The molecule has 0 aliphatic carbocycles. The maximum atomic E-state index is 12.8. The van der Waals surface area contributed by atoms with Crippen molar-refractivity contribution in [2.45, 2.75) is 369 Å². The molecule has 79 heavy (non-hydrogen) atoms. The van der Waals surface area contributed by atoms with Crippen molar-refractivity contribution in [2.75, 3.05) is 0 Å². The lowest BCUT2D eigenvalue weighted by molar-refractivity contribution is -0.344. The first-order valence-electron chi connectivity index (χ1n) is 35.6. The van der Waals surface area contributed by atoms with Crippen LogP contribution in [-0.2, 0) is 25.7 Å². The quantitative estimate of drug-likeness (QED) is 0.0358. The summed E-state index contributed by atoms with van der Waals surface area (Å²) in [6, 6.07) is 14.5. The van der Waals surface area contributed by atoms with E-state index in [1.165, 1.54) is 321 Å². The lowest BCUT2D eigenvalue weighted by Gasteiger charge is -2.17. The molecule has 1 aliphatic heterocycles. The molecule has 2 heteroatoms. The zero-order valence-corrected chi connectivity index (χ0v) is 53.5. The molecule has 0 aromatic heterocycles. The number of allylic oxidation sites excluding steroid dienone is 6. The van der Waals surface area contributed by atoms with E-state index < -0.39 is 0 Å². The monoisotopic (exact) mass is 1080 g/mol. The summed E-state index contributed by atoms with van der Waals surface area (Å²) in [6.45, 7) is 11.5. The van der Waals surface area contributed by atoms with E-state index in [1.54, 1.807) is 4.70 Å². The summed E-state index contributed by atoms with van der Waals surface area (Å²) < 4.78 is 1.66. The molecule has 0 radical (unpaired) electrons. The van der Waals surface area contributed by atoms with E-state index in [-0.39, 0.29) is 0 Å². The SMILES string of the molecule is CCCCCCCCCCCCCCCCCCC=CCCc1ccc(CCCCC)cc1C1=CC(CCCCCCC)=C(c2cc(CCCCC)ccc2CCC=CCCCCCCCCCCCCCCCCCC)[N+]1=[N-]. The van der Waals surface area contributed by atoms with Crippen LogP contribution in [0.15, 0.2) is 72.4 Å². The highest BCUT2D eigenvalue weighted by Crippen LogP contribution is 2.41. The van der Waals surface area contributed by atoms with E-state index in [0.717, 1.165) is 62.8 Å². The molecule has 0 atom stereocenters. The highest BCUT2D eigenvalue weighted by molar-refractivity contribution is 5.80.